The summed E-state index contributed by atoms with van der Waals surface area (Å²) in [6.45, 7) is 9.03. The van der Waals surface area contributed by atoms with Crippen molar-refractivity contribution in [3.63, 3.8) is 0 Å². The Kier molecular flexibility index (Phi) is 7.14. The van der Waals surface area contributed by atoms with Crippen molar-refractivity contribution in [3.05, 3.63) is 66.6 Å². The van der Waals surface area contributed by atoms with Crippen LogP contribution in [-0.4, -0.2) is 0 Å². The van der Waals surface area contributed by atoms with Crippen LogP contribution in [0.5, 0.6) is 0 Å². The minimum Gasteiger partial charge on any atom is -0.166 e. The smallest absolute Gasteiger partial charge is 0.166 e. The largest absolute Gasteiger partial charge is 0.416 e. The number of benzene rings is 2. The Hall–Kier alpha value is -1.02. The Bertz CT molecular complexity index is 876. The number of halogens is 8. The highest BCUT2D eigenvalue weighted by molar-refractivity contribution is 9.11. The molecular formula is C22H22Br2F6. The van der Waals surface area contributed by atoms with E-state index in [4.69, 9.17) is 0 Å². The molecular weight excluding hydrogens is 538 g/mol. The van der Waals surface area contributed by atoms with E-state index in [1.54, 1.807) is 26.0 Å². The van der Waals surface area contributed by atoms with Crippen LogP contribution in [-0.2, 0) is 24.2 Å². The van der Waals surface area contributed by atoms with Crippen LogP contribution in [0.2, 0.25) is 0 Å². The Balaban J connectivity index is 2.79. The molecule has 2 aromatic carbocycles. The first-order chi connectivity index (χ1) is 13.4. The molecule has 0 heterocycles. The van der Waals surface area contributed by atoms with Gasteiger partial charge >= 0.3 is 12.4 Å². The van der Waals surface area contributed by atoms with Gasteiger partial charge < -0.3 is 0 Å². The summed E-state index contributed by atoms with van der Waals surface area (Å²) in [5.74, 6) is -0.481. The zero-order valence-electron chi connectivity index (χ0n) is 17.1. The van der Waals surface area contributed by atoms with E-state index in [1.165, 1.54) is 0 Å². The minimum absolute atomic E-state index is 0.000359. The summed E-state index contributed by atoms with van der Waals surface area (Å²) in [6, 6.07) is 5.15. The molecule has 166 valence electrons. The Morgan fingerprint density at radius 3 is 1.43 bits per heavy atom. The van der Waals surface area contributed by atoms with Crippen molar-refractivity contribution >= 4 is 31.9 Å². The van der Waals surface area contributed by atoms with E-state index in [0.717, 1.165) is 17.7 Å². The quantitative estimate of drug-likeness (QED) is 0.329. The van der Waals surface area contributed by atoms with E-state index in [-0.39, 0.29) is 11.0 Å². The lowest BCUT2D eigenvalue weighted by Crippen LogP contribution is -2.19. The molecule has 0 unspecified atom stereocenters. The van der Waals surface area contributed by atoms with E-state index in [9.17, 15) is 26.3 Å². The van der Waals surface area contributed by atoms with Crippen molar-refractivity contribution in [3.8, 4) is 0 Å². The van der Waals surface area contributed by atoms with Crippen LogP contribution in [0.1, 0.15) is 73.9 Å². The van der Waals surface area contributed by atoms with Gasteiger partial charge in [-0.3, -0.25) is 0 Å². The van der Waals surface area contributed by atoms with Crippen LogP contribution in [0.3, 0.4) is 0 Å². The van der Waals surface area contributed by atoms with Gasteiger partial charge in [0.05, 0.1) is 11.1 Å². The topological polar surface area (TPSA) is 0 Å². The van der Waals surface area contributed by atoms with Crippen LogP contribution < -0.4 is 0 Å². The van der Waals surface area contributed by atoms with E-state index < -0.39 is 41.4 Å². The van der Waals surface area contributed by atoms with Crippen LogP contribution in [0, 0.1) is 0 Å². The molecule has 0 spiro atoms. The third-order valence-corrected chi connectivity index (χ3v) is 6.33. The minimum atomic E-state index is -4.91. The summed E-state index contributed by atoms with van der Waals surface area (Å²) in [7, 11) is 0. The molecule has 0 N–H and O–H groups in total. The van der Waals surface area contributed by atoms with Gasteiger partial charge in [0.25, 0.3) is 0 Å². The molecule has 0 amide bonds. The second-order valence-corrected chi connectivity index (χ2v) is 10.3. The Labute approximate surface area is 189 Å². The Morgan fingerprint density at radius 1 is 0.733 bits per heavy atom. The molecule has 0 radical (unpaired) electrons. The predicted molar refractivity (Wildman–Crippen MR) is 114 cm³/mol. The van der Waals surface area contributed by atoms with Crippen molar-refractivity contribution in [2.24, 2.45) is 0 Å². The maximum Gasteiger partial charge on any atom is 0.416 e. The van der Waals surface area contributed by atoms with Gasteiger partial charge in [0, 0.05) is 15.4 Å². The number of hydrogen-bond donors (Lipinski definition) is 0. The fraction of sp³-hybridized carbons (Fsp3) is 0.455. The van der Waals surface area contributed by atoms with Gasteiger partial charge in [0.15, 0.2) is 0 Å². The van der Waals surface area contributed by atoms with E-state index >= 15 is 0 Å². The van der Waals surface area contributed by atoms with Crippen LogP contribution in [0.25, 0.3) is 0 Å². The summed E-state index contributed by atoms with van der Waals surface area (Å²) < 4.78 is 83.7. The van der Waals surface area contributed by atoms with Gasteiger partial charge in [-0.2, -0.15) is 26.3 Å². The number of rotatable bonds is 3. The lowest BCUT2D eigenvalue weighted by molar-refractivity contribution is -0.144. The van der Waals surface area contributed by atoms with Crippen molar-refractivity contribution in [2.75, 3.05) is 0 Å². The monoisotopic (exact) mass is 558 g/mol. The summed E-state index contributed by atoms with van der Waals surface area (Å²) in [5, 5.41) is 0. The molecule has 0 aromatic heterocycles. The second-order valence-electron chi connectivity index (χ2n) is 8.59. The maximum atomic E-state index is 13.8. The standard InChI is InChI=1S/C22H22Br2F6/c1-11(2)12-6-16(21(25,26)27)14(17(7-12)22(28,29)30)10-15-18(23)8-13(9-19(15)24)20(3,4)5/h6-9,11H,10H2,1-5H3. The fourth-order valence-electron chi connectivity index (χ4n) is 3.11. The van der Waals surface area contributed by atoms with Crippen molar-refractivity contribution in [2.45, 2.75) is 64.7 Å². The number of alkyl halides is 6. The summed E-state index contributed by atoms with van der Waals surface area (Å²) >= 11 is 6.69. The summed E-state index contributed by atoms with van der Waals surface area (Å²) in [5.41, 5.74) is -2.29. The van der Waals surface area contributed by atoms with E-state index in [0.29, 0.717) is 14.5 Å². The first-order valence-corrected chi connectivity index (χ1v) is 10.8. The lowest BCUT2D eigenvalue weighted by Gasteiger charge is -2.24. The fourth-order valence-corrected chi connectivity index (χ4v) is 4.57. The normalized spacial score (nSPS) is 13.3. The molecule has 0 fully saturated rings. The zero-order chi connectivity index (χ0) is 23.2. The average Bonchev–Trinajstić information content (AvgIpc) is 2.54. The maximum absolute atomic E-state index is 13.8. The van der Waals surface area contributed by atoms with Gasteiger partial charge in [0.2, 0.25) is 0 Å². The van der Waals surface area contributed by atoms with E-state index in [1.807, 2.05) is 20.8 Å². The number of hydrogen-bond acceptors (Lipinski definition) is 0. The Morgan fingerprint density at radius 2 is 1.13 bits per heavy atom. The summed E-state index contributed by atoms with van der Waals surface area (Å²) in [4.78, 5) is 0. The molecule has 30 heavy (non-hydrogen) atoms. The molecule has 2 aromatic rings. The molecule has 8 heteroatoms. The molecule has 0 saturated carbocycles. The SMILES string of the molecule is CC(C)c1cc(C(F)(F)F)c(Cc2c(Br)cc(C(C)(C)C)cc2Br)c(C(F)(F)F)c1. The third kappa shape index (κ3) is 5.61. The molecule has 0 nitrogen and oxygen atoms in total. The van der Waals surface area contributed by atoms with Crippen molar-refractivity contribution in [1.82, 2.24) is 0 Å². The first-order valence-electron chi connectivity index (χ1n) is 9.22. The van der Waals surface area contributed by atoms with Gasteiger partial charge in [-0.05, 0) is 57.9 Å². The van der Waals surface area contributed by atoms with E-state index in [2.05, 4.69) is 31.9 Å². The molecule has 0 saturated heterocycles. The van der Waals surface area contributed by atoms with Crippen LogP contribution in [0.15, 0.2) is 33.2 Å². The van der Waals surface area contributed by atoms with Gasteiger partial charge in [-0.15, -0.1) is 0 Å². The zero-order valence-corrected chi connectivity index (χ0v) is 20.3. The first kappa shape index (κ1) is 25.2. The molecule has 0 bridgehead atoms. The molecule has 0 aliphatic rings. The highest BCUT2D eigenvalue weighted by Gasteiger charge is 2.41. The predicted octanol–water partition coefficient (Wildman–Crippen LogP) is 9.26. The average molecular weight is 560 g/mol. The van der Waals surface area contributed by atoms with Crippen molar-refractivity contribution < 1.29 is 26.3 Å². The highest BCUT2D eigenvalue weighted by Crippen LogP contribution is 2.44. The van der Waals surface area contributed by atoms with Gasteiger partial charge in [-0.1, -0.05) is 66.5 Å². The van der Waals surface area contributed by atoms with Crippen LogP contribution in [0.4, 0.5) is 26.3 Å². The van der Waals surface area contributed by atoms with Gasteiger partial charge in [0.1, 0.15) is 0 Å². The molecule has 2 rings (SSSR count). The second kappa shape index (κ2) is 8.49. The summed E-state index contributed by atoms with van der Waals surface area (Å²) in [6.07, 6.45) is -10.3. The molecule has 0 atom stereocenters. The third-order valence-electron chi connectivity index (χ3n) is 4.91. The molecule has 0 aliphatic heterocycles. The van der Waals surface area contributed by atoms with Crippen LogP contribution >= 0.6 is 31.9 Å². The highest BCUT2D eigenvalue weighted by atomic mass is 79.9. The van der Waals surface area contributed by atoms with Crippen molar-refractivity contribution in [1.29, 1.82) is 0 Å². The molecule has 0 aliphatic carbocycles. The van der Waals surface area contributed by atoms with Gasteiger partial charge in [-0.25, -0.2) is 0 Å². The lowest BCUT2D eigenvalue weighted by atomic mass is 9.85.